The Kier molecular flexibility index (Phi) is 5.99. The average molecular weight is 410 g/mol. The molecule has 0 radical (unpaired) electrons. The number of amides is 1. The molecule has 30 heavy (non-hydrogen) atoms. The average Bonchev–Trinajstić information content (AvgIpc) is 3.45. The molecular weight excluding hydrogens is 387 g/mol. The van der Waals surface area contributed by atoms with E-state index in [1.54, 1.807) is 41.1 Å². The zero-order valence-electron chi connectivity index (χ0n) is 16.4. The van der Waals surface area contributed by atoms with E-state index in [0.29, 0.717) is 37.6 Å². The van der Waals surface area contributed by atoms with Gasteiger partial charge in [-0.3, -0.25) is 4.79 Å². The van der Waals surface area contributed by atoms with Gasteiger partial charge >= 0.3 is 0 Å². The standard InChI is InChI=1S/C21H23FN6O2/c22-18-5-1-15(2-6-18)17-9-10-27(11-17)21(29)16-3-7-20(8-4-16)30-13-19(23)12-28-14-24-25-26-28/h1-8,14,17,19H,9-13,23H2/t17-,19+/m0/s1. The largest absolute Gasteiger partial charge is 0.492 e. The highest BCUT2D eigenvalue weighted by atomic mass is 19.1. The number of nitrogens with zero attached hydrogens (tertiary/aromatic N) is 5. The molecule has 1 aromatic heterocycles. The van der Waals surface area contributed by atoms with Gasteiger partial charge in [-0.1, -0.05) is 12.1 Å². The lowest BCUT2D eigenvalue weighted by molar-refractivity contribution is 0.0790. The maximum Gasteiger partial charge on any atom is 0.253 e. The number of carbonyl (C=O) groups is 1. The lowest BCUT2D eigenvalue weighted by atomic mass is 9.99. The second-order valence-electron chi connectivity index (χ2n) is 7.42. The first-order chi connectivity index (χ1) is 14.6. The third-order valence-corrected chi connectivity index (χ3v) is 5.20. The first-order valence-electron chi connectivity index (χ1n) is 9.82. The fourth-order valence-corrected chi connectivity index (χ4v) is 3.59. The summed E-state index contributed by atoms with van der Waals surface area (Å²) in [7, 11) is 0. The van der Waals surface area contributed by atoms with Crippen molar-refractivity contribution in [3.8, 4) is 5.75 Å². The van der Waals surface area contributed by atoms with Gasteiger partial charge in [0.2, 0.25) is 0 Å². The van der Waals surface area contributed by atoms with Crippen molar-refractivity contribution in [2.45, 2.75) is 24.9 Å². The Morgan fingerprint density at radius 3 is 2.67 bits per heavy atom. The van der Waals surface area contributed by atoms with E-state index in [4.69, 9.17) is 10.5 Å². The molecule has 1 amide bonds. The minimum absolute atomic E-state index is 0.0125. The van der Waals surface area contributed by atoms with Crippen molar-refractivity contribution >= 4 is 5.91 Å². The maximum absolute atomic E-state index is 13.1. The van der Waals surface area contributed by atoms with E-state index in [1.165, 1.54) is 18.5 Å². The molecule has 0 saturated carbocycles. The van der Waals surface area contributed by atoms with Crippen molar-refractivity contribution in [1.29, 1.82) is 0 Å². The summed E-state index contributed by atoms with van der Waals surface area (Å²) in [5, 5.41) is 10.9. The Morgan fingerprint density at radius 2 is 1.97 bits per heavy atom. The van der Waals surface area contributed by atoms with Crippen molar-refractivity contribution in [1.82, 2.24) is 25.1 Å². The minimum atomic E-state index is -0.261. The van der Waals surface area contributed by atoms with Gasteiger partial charge in [-0.05, 0) is 58.8 Å². The van der Waals surface area contributed by atoms with Crippen molar-refractivity contribution < 1.29 is 13.9 Å². The maximum atomic E-state index is 13.1. The molecule has 4 rings (SSSR count). The van der Waals surface area contributed by atoms with Gasteiger partial charge in [-0.25, -0.2) is 9.07 Å². The lowest BCUT2D eigenvalue weighted by Crippen LogP contribution is -2.32. The van der Waals surface area contributed by atoms with E-state index in [9.17, 15) is 9.18 Å². The number of hydrogen-bond acceptors (Lipinski definition) is 6. The van der Waals surface area contributed by atoms with Crippen LogP contribution >= 0.6 is 0 Å². The fraction of sp³-hybridized carbons (Fsp3) is 0.333. The number of carbonyl (C=O) groups excluding carboxylic acids is 1. The van der Waals surface area contributed by atoms with Crippen LogP contribution in [0.1, 0.15) is 28.3 Å². The number of hydrogen-bond donors (Lipinski definition) is 1. The highest BCUT2D eigenvalue weighted by Crippen LogP contribution is 2.28. The highest BCUT2D eigenvalue weighted by molar-refractivity contribution is 5.94. The summed E-state index contributed by atoms with van der Waals surface area (Å²) in [5.74, 6) is 0.619. The van der Waals surface area contributed by atoms with Crippen LogP contribution in [0.2, 0.25) is 0 Å². The Balaban J connectivity index is 1.29. The van der Waals surface area contributed by atoms with Crippen molar-refractivity contribution in [3.05, 3.63) is 71.8 Å². The summed E-state index contributed by atoms with van der Waals surface area (Å²) >= 11 is 0. The molecule has 2 atom stereocenters. The molecule has 0 aliphatic carbocycles. The van der Waals surface area contributed by atoms with Crippen LogP contribution in [0, 0.1) is 5.82 Å². The van der Waals surface area contributed by atoms with E-state index in [2.05, 4.69) is 15.5 Å². The predicted octanol–water partition coefficient (Wildman–Crippen LogP) is 1.85. The van der Waals surface area contributed by atoms with E-state index >= 15 is 0 Å². The van der Waals surface area contributed by atoms with E-state index < -0.39 is 0 Å². The van der Waals surface area contributed by atoms with Gasteiger partial charge in [0, 0.05) is 24.6 Å². The topological polar surface area (TPSA) is 99.2 Å². The number of likely N-dealkylation sites (tertiary alicyclic amines) is 1. The predicted molar refractivity (Wildman–Crippen MR) is 107 cm³/mol. The monoisotopic (exact) mass is 410 g/mol. The summed E-state index contributed by atoms with van der Waals surface area (Å²) in [6.45, 7) is 2.08. The molecule has 1 aliphatic rings. The molecule has 2 aromatic carbocycles. The van der Waals surface area contributed by atoms with Crippen molar-refractivity contribution in [2.75, 3.05) is 19.7 Å². The Morgan fingerprint density at radius 1 is 1.20 bits per heavy atom. The zero-order valence-corrected chi connectivity index (χ0v) is 16.4. The number of tetrazole rings is 1. The van der Waals surface area contributed by atoms with Crippen LogP contribution in [0.15, 0.2) is 54.9 Å². The van der Waals surface area contributed by atoms with Crippen LogP contribution < -0.4 is 10.5 Å². The molecule has 1 aliphatic heterocycles. The third kappa shape index (κ3) is 4.80. The van der Waals surface area contributed by atoms with Crippen LogP contribution in [0.3, 0.4) is 0 Å². The van der Waals surface area contributed by atoms with Gasteiger partial charge in [0.15, 0.2) is 0 Å². The summed E-state index contributed by atoms with van der Waals surface area (Å²) in [5.41, 5.74) is 7.69. The molecule has 9 heteroatoms. The molecule has 0 spiro atoms. The normalized spacial score (nSPS) is 17.1. The summed E-state index contributed by atoms with van der Waals surface area (Å²) in [6, 6.07) is 13.3. The highest BCUT2D eigenvalue weighted by Gasteiger charge is 2.28. The first-order valence-corrected chi connectivity index (χ1v) is 9.82. The minimum Gasteiger partial charge on any atom is -0.492 e. The molecule has 0 unspecified atom stereocenters. The molecule has 1 fully saturated rings. The van der Waals surface area contributed by atoms with Crippen molar-refractivity contribution in [3.63, 3.8) is 0 Å². The number of ether oxygens (including phenoxy) is 1. The molecule has 156 valence electrons. The van der Waals surface area contributed by atoms with Gasteiger partial charge in [0.1, 0.15) is 24.5 Å². The second kappa shape index (κ2) is 9.00. The van der Waals surface area contributed by atoms with Crippen LogP contribution in [-0.2, 0) is 6.54 Å². The van der Waals surface area contributed by atoms with Crippen LogP contribution in [0.4, 0.5) is 4.39 Å². The molecule has 8 nitrogen and oxygen atoms in total. The quantitative estimate of drug-likeness (QED) is 0.638. The molecule has 2 N–H and O–H groups in total. The lowest BCUT2D eigenvalue weighted by Gasteiger charge is -2.17. The Labute approximate surface area is 173 Å². The van der Waals surface area contributed by atoms with Gasteiger partial charge in [-0.15, -0.1) is 5.10 Å². The van der Waals surface area contributed by atoms with Crippen molar-refractivity contribution in [2.24, 2.45) is 5.73 Å². The summed E-state index contributed by atoms with van der Waals surface area (Å²) in [6.07, 6.45) is 2.37. The number of halogens is 1. The molecule has 2 heterocycles. The molecule has 0 bridgehead atoms. The fourth-order valence-electron chi connectivity index (χ4n) is 3.59. The molecule has 1 saturated heterocycles. The summed E-state index contributed by atoms with van der Waals surface area (Å²) < 4.78 is 20.4. The summed E-state index contributed by atoms with van der Waals surface area (Å²) in [4.78, 5) is 14.7. The van der Waals surface area contributed by atoms with Gasteiger partial charge in [0.25, 0.3) is 5.91 Å². The second-order valence-corrected chi connectivity index (χ2v) is 7.42. The van der Waals surface area contributed by atoms with Gasteiger partial charge in [-0.2, -0.15) is 0 Å². The van der Waals surface area contributed by atoms with E-state index in [0.717, 1.165) is 12.0 Å². The Bertz CT molecular complexity index is 962. The van der Waals surface area contributed by atoms with E-state index in [1.807, 2.05) is 4.90 Å². The van der Waals surface area contributed by atoms with Crippen LogP contribution in [0.25, 0.3) is 0 Å². The number of nitrogens with two attached hydrogens (primary N) is 1. The van der Waals surface area contributed by atoms with E-state index in [-0.39, 0.29) is 23.7 Å². The SMILES string of the molecule is N[C@@H](COc1ccc(C(=O)N2CC[C@H](c3ccc(F)cc3)C2)cc1)Cn1cnnn1. The smallest absolute Gasteiger partial charge is 0.253 e. The van der Waals surface area contributed by atoms with Crippen LogP contribution in [-0.4, -0.2) is 56.8 Å². The van der Waals surface area contributed by atoms with Gasteiger partial charge in [0.05, 0.1) is 12.6 Å². The number of rotatable bonds is 7. The molecule has 3 aromatic rings. The molecular formula is C21H23FN6O2. The third-order valence-electron chi connectivity index (χ3n) is 5.20. The first kappa shape index (κ1) is 20.0. The zero-order chi connectivity index (χ0) is 20.9. The van der Waals surface area contributed by atoms with Crippen LogP contribution in [0.5, 0.6) is 5.75 Å². The van der Waals surface area contributed by atoms with Gasteiger partial charge < -0.3 is 15.4 Å². The Hall–Kier alpha value is -3.33. The number of benzene rings is 2. The number of aromatic nitrogens is 4.